The predicted molar refractivity (Wildman–Crippen MR) is 141 cm³/mol. The standard InChI is InChI=1S/C29H34O6/c1-17(2)9-12-21-24(33-7)16-25-26(29(21)34-8)27(30)22(13-10-18(3)4)28(35-25)20-14-11-19(31-5)15-23(20)32-6/h9-12,14-17H,13H2,1-8H3/b12-9+. The summed E-state index contributed by atoms with van der Waals surface area (Å²) in [6.07, 6.45) is 6.37. The number of hydrogen-bond donors (Lipinski definition) is 0. The molecule has 3 rings (SSSR count). The fourth-order valence-corrected chi connectivity index (χ4v) is 3.87. The molecule has 0 radical (unpaired) electrons. The van der Waals surface area contributed by atoms with Crippen LogP contribution in [0.3, 0.4) is 0 Å². The minimum Gasteiger partial charge on any atom is -0.497 e. The molecule has 0 aliphatic heterocycles. The van der Waals surface area contributed by atoms with E-state index in [9.17, 15) is 4.79 Å². The smallest absolute Gasteiger partial charge is 0.200 e. The third-order valence-electron chi connectivity index (χ3n) is 5.67. The van der Waals surface area contributed by atoms with Crippen LogP contribution in [0.2, 0.25) is 0 Å². The summed E-state index contributed by atoms with van der Waals surface area (Å²) in [4.78, 5) is 14.0. The van der Waals surface area contributed by atoms with Gasteiger partial charge in [0, 0.05) is 17.7 Å². The summed E-state index contributed by atoms with van der Waals surface area (Å²) in [6.45, 7) is 8.15. The molecule has 35 heavy (non-hydrogen) atoms. The Morgan fingerprint density at radius 2 is 1.69 bits per heavy atom. The van der Waals surface area contributed by atoms with E-state index in [2.05, 4.69) is 13.8 Å². The van der Waals surface area contributed by atoms with Crippen molar-refractivity contribution in [2.45, 2.75) is 34.1 Å². The van der Waals surface area contributed by atoms with Crippen molar-refractivity contribution in [3.05, 3.63) is 63.3 Å². The molecule has 0 unspecified atom stereocenters. The minimum absolute atomic E-state index is 0.157. The zero-order chi connectivity index (χ0) is 25.7. The van der Waals surface area contributed by atoms with E-state index in [0.29, 0.717) is 68.8 Å². The van der Waals surface area contributed by atoms with Gasteiger partial charge in [-0.25, -0.2) is 0 Å². The van der Waals surface area contributed by atoms with Crippen LogP contribution in [-0.2, 0) is 6.42 Å². The van der Waals surface area contributed by atoms with Crippen molar-refractivity contribution >= 4 is 17.0 Å². The van der Waals surface area contributed by atoms with Crippen molar-refractivity contribution < 1.29 is 23.4 Å². The van der Waals surface area contributed by atoms with E-state index in [1.807, 2.05) is 44.2 Å². The molecule has 6 nitrogen and oxygen atoms in total. The fourth-order valence-electron chi connectivity index (χ4n) is 3.87. The van der Waals surface area contributed by atoms with Gasteiger partial charge in [-0.2, -0.15) is 0 Å². The molecule has 0 spiro atoms. The van der Waals surface area contributed by atoms with Crippen LogP contribution in [-0.4, -0.2) is 28.4 Å². The number of hydrogen-bond acceptors (Lipinski definition) is 6. The number of ether oxygens (including phenoxy) is 4. The minimum atomic E-state index is -0.157. The molecule has 1 aromatic heterocycles. The van der Waals surface area contributed by atoms with Gasteiger partial charge in [0.2, 0.25) is 5.43 Å². The molecular weight excluding hydrogens is 444 g/mol. The third kappa shape index (κ3) is 5.37. The van der Waals surface area contributed by atoms with Crippen molar-refractivity contribution in [3.63, 3.8) is 0 Å². The lowest BCUT2D eigenvalue weighted by Gasteiger charge is -2.17. The Morgan fingerprint density at radius 1 is 0.971 bits per heavy atom. The van der Waals surface area contributed by atoms with Crippen LogP contribution in [0, 0.1) is 5.92 Å². The average Bonchev–Trinajstić information content (AvgIpc) is 2.85. The molecule has 0 amide bonds. The molecule has 186 valence electrons. The number of rotatable bonds is 9. The van der Waals surface area contributed by atoms with Crippen LogP contribution in [0.25, 0.3) is 28.4 Å². The SMILES string of the molecule is COc1ccc(-c2oc3cc(OC)c(/C=C/C(C)C)c(OC)c3c(=O)c2CC=C(C)C)c(OC)c1. The first kappa shape index (κ1) is 25.9. The first-order chi connectivity index (χ1) is 16.7. The average molecular weight is 479 g/mol. The number of methoxy groups -OCH3 is 4. The Balaban J connectivity index is 2.46. The maximum Gasteiger partial charge on any atom is 0.200 e. The quantitative estimate of drug-likeness (QED) is 0.320. The van der Waals surface area contributed by atoms with Gasteiger partial charge in [0.15, 0.2) is 0 Å². The zero-order valence-electron chi connectivity index (χ0n) is 21.8. The largest absolute Gasteiger partial charge is 0.497 e. The molecule has 1 heterocycles. The molecule has 2 aromatic carbocycles. The maximum atomic E-state index is 14.0. The molecule has 0 aliphatic rings. The van der Waals surface area contributed by atoms with Crippen molar-refractivity contribution in [2.75, 3.05) is 28.4 Å². The topological polar surface area (TPSA) is 67.1 Å². The monoisotopic (exact) mass is 478 g/mol. The van der Waals surface area contributed by atoms with Crippen molar-refractivity contribution in [1.82, 2.24) is 0 Å². The van der Waals surface area contributed by atoms with Crippen LogP contribution in [0.15, 0.2) is 51.2 Å². The van der Waals surface area contributed by atoms with E-state index in [0.717, 1.165) is 5.57 Å². The van der Waals surface area contributed by atoms with Crippen LogP contribution in [0.4, 0.5) is 0 Å². The number of fused-ring (bicyclic) bond motifs is 1. The molecule has 0 N–H and O–H groups in total. The van der Waals surface area contributed by atoms with Gasteiger partial charge in [-0.05, 0) is 38.3 Å². The molecule has 0 aliphatic carbocycles. The van der Waals surface area contributed by atoms with Gasteiger partial charge in [0.05, 0.1) is 39.6 Å². The third-order valence-corrected chi connectivity index (χ3v) is 5.67. The summed E-state index contributed by atoms with van der Waals surface area (Å²) in [5.41, 5.74) is 3.19. The maximum absolute atomic E-state index is 14.0. The first-order valence-electron chi connectivity index (χ1n) is 11.5. The first-order valence-corrected chi connectivity index (χ1v) is 11.5. The Labute approximate surface area is 206 Å². The van der Waals surface area contributed by atoms with Gasteiger partial charge in [0.25, 0.3) is 0 Å². The molecule has 3 aromatic rings. The molecule has 6 heteroatoms. The summed E-state index contributed by atoms with van der Waals surface area (Å²) >= 11 is 0. The van der Waals surface area contributed by atoms with Crippen molar-refractivity contribution in [2.24, 2.45) is 5.92 Å². The van der Waals surface area contributed by atoms with Crippen LogP contribution >= 0.6 is 0 Å². The van der Waals surface area contributed by atoms with Crippen LogP contribution < -0.4 is 24.4 Å². The van der Waals surface area contributed by atoms with Gasteiger partial charge >= 0.3 is 0 Å². The van der Waals surface area contributed by atoms with E-state index in [1.165, 1.54) is 0 Å². The Hall–Kier alpha value is -3.67. The second-order valence-electron chi connectivity index (χ2n) is 8.79. The molecule has 0 bridgehead atoms. The highest BCUT2D eigenvalue weighted by Gasteiger charge is 2.24. The number of allylic oxidation sites excluding steroid dienone is 3. The van der Waals surface area contributed by atoms with E-state index in [4.69, 9.17) is 23.4 Å². The molecular formula is C29H34O6. The number of benzene rings is 2. The highest BCUT2D eigenvalue weighted by Crippen LogP contribution is 2.41. The van der Waals surface area contributed by atoms with Gasteiger partial charge in [-0.15, -0.1) is 0 Å². The second-order valence-corrected chi connectivity index (χ2v) is 8.79. The Morgan fingerprint density at radius 3 is 2.26 bits per heavy atom. The van der Waals surface area contributed by atoms with Crippen molar-refractivity contribution in [3.8, 4) is 34.3 Å². The molecule has 0 fully saturated rings. The van der Waals surface area contributed by atoms with Crippen LogP contribution in [0.1, 0.15) is 38.8 Å². The highest BCUT2D eigenvalue weighted by molar-refractivity contribution is 5.92. The molecule has 0 saturated heterocycles. The lowest BCUT2D eigenvalue weighted by atomic mass is 9.98. The lowest BCUT2D eigenvalue weighted by molar-refractivity contribution is 0.393. The summed E-state index contributed by atoms with van der Waals surface area (Å²) in [7, 11) is 6.31. The van der Waals surface area contributed by atoms with E-state index < -0.39 is 0 Å². The lowest BCUT2D eigenvalue weighted by Crippen LogP contribution is -2.13. The highest BCUT2D eigenvalue weighted by atomic mass is 16.5. The van der Waals surface area contributed by atoms with Crippen LogP contribution in [0.5, 0.6) is 23.0 Å². The molecule has 0 atom stereocenters. The van der Waals surface area contributed by atoms with Gasteiger partial charge in [-0.1, -0.05) is 37.6 Å². The van der Waals surface area contributed by atoms with E-state index in [-0.39, 0.29) is 5.43 Å². The Bertz CT molecular complexity index is 1320. The normalized spacial score (nSPS) is 11.2. The van der Waals surface area contributed by atoms with Crippen molar-refractivity contribution in [1.29, 1.82) is 0 Å². The molecule has 0 saturated carbocycles. The summed E-state index contributed by atoms with van der Waals surface area (Å²) < 4.78 is 28.8. The van der Waals surface area contributed by atoms with Gasteiger partial charge in [0.1, 0.15) is 39.7 Å². The fraction of sp³-hybridized carbons (Fsp3) is 0.345. The van der Waals surface area contributed by atoms with Gasteiger partial charge < -0.3 is 23.4 Å². The predicted octanol–water partition coefficient (Wildman–Crippen LogP) is 6.67. The second kappa shape index (κ2) is 11.2. The van der Waals surface area contributed by atoms with Gasteiger partial charge in [-0.3, -0.25) is 4.79 Å². The Kier molecular flexibility index (Phi) is 8.28. The summed E-state index contributed by atoms with van der Waals surface area (Å²) in [6, 6.07) is 7.16. The zero-order valence-corrected chi connectivity index (χ0v) is 21.8. The van der Waals surface area contributed by atoms with E-state index >= 15 is 0 Å². The van der Waals surface area contributed by atoms with E-state index in [1.54, 1.807) is 40.6 Å². The summed E-state index contributed by atoms with van der Waals surface area (Å²) in [5.74, 6) is 2.92. The summed E-state index contributed by atoms with van der Waals surface area (Å²) in [5, 5.41) is 0.380.